The summed E-state index contributed by atoms with van der Waals surface area (Å²) in [5.41, 5.74) is 1.92. The number of imidazole rings is 1. The van der Waals surface area contributed by atoms with Crippen LogP contribution in [0.3, 0.4) is 0 Å². The third kappa shape index (κ3) is 2.37. The molecular weight excluding hydrogens is 312 g/mol. The number of hydrogen-bond donors (Lipinski definition) is 1. The van der Waals surface area contributed by atoms with Crippen LogP contribution in [0.25, 0.3) is 5.65 Å². The van der Waals surface area contributed by atoms with Crippen molar-refractivity contribution in [1.82, 2.24) is 14.4 Å². The van der Waals surface area contributed by atoms with E-state index in [2.05, 4.69) is 33.2 Å². The fourth-order valence-corrected chi connectivity index (χ4v) is 4.20. The van der Waals surface area contributed by atoms with E-state index in [1.807, 2.05) is 0 Å². The average molecular weight is 328 g/mol. The first kappa shape index (κ1) is 14.2. The highest BCUT2D eigenvalue weighted by atomic mass is 32.1. The lowest BCUT2D eigenvalue weighted by molar-refractivity contribution is 0.0691. The topological polar surface area (TPSA) is 70.7 Å². The van der Waals surface area contributed by atoms with Crippen molar-refractivity contribution >= 4 is 28.8 Å². The number of hydrogen-bond acceptors (Lipinski definition) is 5. The third-order valence-corrected chi connectivity index (χ3v) is 5.33. The van der Waals surface area contributed by atoms with Gasteiger partial charge >= 0.3 is 5.97 Å². The van der Waals surface area contributed by atoms with Crippen LogP contribution in [0.15, 0.2) is 30.0 Å². The molecule has 0 aromatic carbocycles. The van der Waals surface area contributed by atoms with E-state index in [-0.39, 0.29) is 11.7 Å². The van der Waals surface area contributed by atoms with Gasteiger partial charge in [0.15, 0.2) is 17.2 Å². The monoisotopic (exact) mass is 328 g/mol. The van der Waals surface area contributed by atoms with E-state index < -0.39 is 5.97 Å². The molecule has 0 radical (unpaired) electrons. The molecule has 1 fully saturated rings. The maximum absolute atomic E-state index is 11.2. The molecule has 7 heteroatoms. The van der Waals surface area contributed by atoms with Gasteiger partial charge in [0.2, 0.25) is 0 Å². The summed E-state index contributed by atoms with van der Waals surface area (Å²) in [6.45, 7) is 3.01. The maximum atomic E-state index is 11.2. The number of thiophene rings is 1. The number of nitrogens with zero attached hydrogens (tertiary/aromatic N) is 4. The van der Waals surface area contributed by atoms with Crippen LogP contribution < -0.4 is 4.90 Å². The Morgan fingerprint density at radius 2 is 2.35 bits per heavy atom. The van der Waals surface area contributed by atoms with Gasteiger partial charge in [-0.15, -0.1) is 11.3 Å². The molecule has 3 aromatic heterocycles. The number of aromatic nitrogens is 3. The first-order chi connectivity index (χ1) is 11.1. The Morgan fingerprint density at radius 1 is 1.48 bits per heavy atom. The summed E-state index contributed by atoms with van der Waals surface area (Å²) in [5.74, 6) is -0.264. The highest BCUT2D eigenvalue weighted by Crippen LogP contribution is 2.39. The molecule has 0 bridgehead atoms. The molecule has 4 heterocycles. The van der Waals surface area contributed by atoms with Gasteiger partial charge in [0.25, 0.3) is 0 Å². The third-order valence-electron chi connectivity index (χ3n) is 4.18. The SMILES string of the molecule is Cc1csc(C2CCCN2c2nccn3cc(C(=O)O)nc23)c1. The fourth-order valence-electron chi connectivity index (χ4n) is 3.16. The Hall–Kier alpha value is -2.41. The van der Waals surface area contributed by atoms with Crippen LogP contribution in [-0.4, -0.2) is 32.0 Å². The molecule has 1 aliphatic heterocycles. The summed E-state index contributed by atoms with van der Waals surface area (Å²) in [7, 11) is 0. The van der Waals surface area contributed by atoms with Crippen molar-refractivity contribution in [2.75, 3.05) is 11.4 Å². The van der Waals surface area contributed by atoms with Crippen molar-refractivity contribution in [3.05, 3.63) is 46.2 Å². The fraction of sp³-hybridized carbons (Fsp3) is 0.312. The summed E-state index contributed by atoms with van der Waals surface area (Å²) in [6, 6.07) is 2.51. The van der Waals surface area contributed by atoms with Crippen molar-refractivity contribution in [2.45, 2.75) is 25.8 Å². The summed E-state index contributed by atoms with van der Waals surface area (Å²) < 4.78 is 1.74. The van der Waals surface area contributed by atoms with Gasteiger partial charge in [0.05, 0.1) is 6.04 Å². The molecule has 1 N–H and O–H groups in total. The number of carbonyl (C=O) groups is 1. The van der Waals surface area contributed by atoms with Crippen molar-refractivity contribution < 1.29 is 9.90 Å². The molecule has 1 atom stereocenters. The molecule has 118 valence electrons. The van der Waals surface area contributed by atoms with E-state index in [0.717, 1.165) is 25.2 Å². The van der Waals surface area contributed by atoms with E-state index in [1.165, 1.54) is 16.6 Å². The van der Waals surface area contributed by atoms with Crippen molar-refractivity contribution in [1.29, 1.82) is 0 Å². The minimum Gasteiger partial charge on any atom is -0.476 e. The van der Waals surface area contributed by atoms with Gasteiger partial charge in [0.1, 0.15) is 0 Å². The van der Waals surface area contributed by atoms with E-state index in [0.29, 0.717) is 5.65 Å². The number of rotatable bonds is 3. The van der Waals surface area contributed by atoms with Crippen molar-refractivity contribution in [3.8, 4) is 0 Å². The van der Waals surface area contributed by atoms with Gasteiger partial charge in [-0.25, -0.2) is 14.8 Å². The van der Waals surface area contributed by atoms with Crippen LogP contribution in [0.5, 0.6) is 0 Å². The van der Waals surface area contributed by atoms with Gasteiger partial charge in [-0.05, 0) is 36.8 Å². The van der Waals surface area contributed by atoms with Crippen LogP contribution >= 0.6 is 11.3 Å². The highest BCUT2D eigenvalue weighted by Gasteiger charge is 2.30. The molecule has 1 saturated heterocycles. The molecular formula is C16H16N4O2S. The predicted octanol–water partition coefficient (Wildman–Crippen LogP) is 3.14. The zero-order chi connectivity index (χ0) is 16.0. The molecule has 3 aromatic rings. The second kappa shape index (κ2) is 5.34. The molecule has 1 unspecified atom stereocenters. The first-order valence-corrected chi connectivity index (χ1v) is 8.40. The smallest absolute Gasteiger partial charge is 0.356 e. The average Bonchev–Trinajstić information content (AvgIpc) is 3.24. The lowest BCUT2D eigenvalue weighted by atomic mass is 10.1. The maximum Gasteiger partial charge on any atom is 0.356 e. The molecule has 0 amide bonds. The molecule has 0 spiro atoms. The minimum absolute atomic E-state index is 0.0435. The van der Waals surface area contributed by atoms with Gasteiger partial charge in [0, 0.05) is 30.0 Å². The van der Waals surface area contributed by atoms with Crippen LogP contribution in [0.1, 0.15) is 39.8 Å². The van der Waals surface area contributed by atoms with Crippen LogP contribution in [0, 0.1) is 6.92 Å². The highest BCUT2D eigenvalue weighted by molar-refractivity contribution is 7.10. The van der Waals surface area contributed by atoms with E-state index in [1.54, 1.807) is 28.1 Å². The lowest BCUT2D eigenvalue weighted by Gasteiger charge is -2.25. The summed E-state index contributed by atoms with van der Waals surface area (Å²) >= 11 is 1.77. The summed E-state index contributed by atoms with van der Waals surface area (Å²) in [4.78, 5) is 23.5. The Balaban J connectivity index is 1.79. The van der Waals surface area contributed by atoms with E-state index in [9.17, 15) is 4.79 Å². The number of carboxylic acid groups (broad SMARTS) is 1. The van der Waals surface area contributed by atoms with Gasteiger partial charge in [-0.3, -0.25) is 0 Å². The van der Waals surface area contributed by atoms with Gasteiger partial charge in [-0.2, -0.15) is 0 Å². The zero-order valence-electron chi connectivity index (χ0n) is 12.6. The Morgan fingerprint density at radius 3 is 3.09 bits per heavy atom. The standard InChI is InChI=1S/C16H16N4O2S/c1-10-7-13(23-9-10)12-3-2-5-20(12)14-15-18-11(16(21)22)8-19(15)6-4-17-14/h4,6-9,12H,2-3,5H2,1H3,(H,21,22). The normalized spacial score (nSPS) is 18.0. The summed E-state index contributed by atoms with van der Waals surface area (Å²) in [6.07, 6.45) is 7.14. The Kier molecular flexibility index (Phi) is 3.30. The largest absolute Gasteiger partial charge is 0.476 e. The van der Waals surface area contributed by atoms with Crippen molar-refractivity contribution in [3.63, 3.8) is 0 Å². The van der Waals surface area contributed by atoms with Gasteiger partial charge < -0.3 is 14.4 Å². The predicted molar refractivity (Wildman–Crippen MR) is 88.3 cm³/mol. The van der Waals surface area contributed by atoms with Crippen LogP contribution in [0.2, 0.25) is 0 Å². The second-order valence-corrected chi connectivity index (χ2v) is 6.73. The van der Waals surface area contributed by atoms with Crippen molar-refractivity contribution in [2.24, 2.45) is 0 Å². The Bertz CT molecular complexity index is 885. The molecule has 0 saturated carbocycles. The first-order valence-electron chi connectivity index (χ1n) is 7.52. The zero-order valence-corrected chi connectivity index (χ0v) is 13.5. The van der Waals surface area contributed by atoms with Crippen LogP contribution in [-0.2, 0) is 0 Å². The lowest BCUT2D eigenvalue weighted by Crippen LogP contribution is -2.23. The minimum atomic E-state index is -1.02. The quantitative estimate of drug-likeness (QED) is 0.800. The number of anilines is 1. The number of fused-ring (bicyclic) bond motifs is 1. The van der Waals surface area contributed by atoms with E-state index >= 15 is 0 Å². The molecule has 4 rings (SSSR count). The van der Waals surface area contributed by atoms with Gasteiger partial charge in [-0.1, -0.05) is 0 Å². The second-order valence-electron chi connectivity index (χ2n) is 5.79. The molecule has 23 heavy (non-hydrogen) atoms. The molecule has 0 aliphatic carbocycles. The number of aryl methyl sites for hydroxylation is 1. The number of aromatic carboxylic acids is 1. The van der Waals surface area contributed by atoms with E-state index in [4.69, 9.17) is 5.11 Å². The summed E-state index contributed by atoms with van der Waals surface area (Å²) in [5, 5.41) is 11.3. The molecule has 1 aliphatic rings. The number of carboxylic acids is 1. The van der Waals surface area contributed by atoms with Crippen LogP contribution in [0.4, 0.5) is 5.82 Å². The Labute approximate surface area is 137 Å². The molecule has 6 nitrogen and oxygen atoms in total.